The maximum Gasteiger partial charge on any atom is 0.418 e. The van der Waals surface area contributed by atoms with Crippen LogP contribution in [0.1, 0.15) is 5.56 Å². The standard InChI is InChI=1S/C17H12F3N3O2S/c18-17(19,20)10-5-8-1-3-21-12(8)6-13(10)23-16(25)9-7-22-11-2-4-26-15(11)14(9)24/h1-7,9,11,15,21H,(H,23,25). The monoisotopic (exact) mass is 379 g/mol. The van der Waals surface area contributed by atoms with Crippen molar-refractivity contribution in [1.82, 2.24) is 4.98 Å². The fourth-order valence-electron chi connectivity index (χ4n) is 3.04. The predicted octanol–water partition coefficient (Wildman–Crippen LogP) is 3.39. The van der Waals surface area contributed by atoms with Gasteiger partial charge in [-0.05, 0) is 23.6 Å². The van der Waals surface area contributed by atoms with E-state index >= 15 is 0 Å². The number of hydrogen-bond acceptors (Lipinski definition) is 4. The molecule has 2 aliphatic rings. The van der Waals surface area contributed by atoms with Crippen LogP contribution in [0.3, 0.4) is 0 Å². The molecule has 0 radical (unpaired) electrons. The third-order valence-corrected chi connectivity index (χ3v) is 5.46. The maximum atomic E-state index is 13.4. The van der Waals surface area contributed by atoms with Crippen LogP contribution in [0, 0.1) is 5.92 Å². The van der Waals surface area contributed by atoms with E-state index in [-0.39, 0.29) is 11.8 Å². The Balaban J connectivity index is 1.65. The molecule has 1 amide bonds. The van der Waals surface area contributed by atoms with E-state index in [4.69, 9.17) is 0 Å². The largest absolute Gasteiger partial charge is 0.418 e. The summed E-state index contributed by atoms with van der Waals surface area (Å²) in [7, 11) is 0. The van der Waals surface area contributed by atoms with Gasteiger partial charge in [0.2, 0.25) is 5.91 Å². The van der Waals surface area contributed by atoms with Gasteiger partial charge in [0.1, 0.15) is 5.92 Å². The molecule has 2 N–H and O–H groups in total. The Morgan fingerprint density at radius 2 is 2.12 bits per heavy atom. The molecule has 134 valence electrons. The van der Waals surface area contributed by atoms with Gasteiger partial charge in [0.15, 0.2) is 5.78 Å². The van der Waals surface area contributed by atoms with Gasteiger partial charge in [0.25, 0.3) is 0 Å². The normalized spacial score (nSPS) is 24.9. The Kier molecular flexibility index (Phi) is 3.91. The Morgan fingerprint density at radius 1 is 1.31 bits per heavy atom. The lowest BCUT2D eigenvalue weighted by Crippen LogP contribution is -2.43. The second-order valence-corrected chi connectivity index (χ2v) is 7.06. The number of thioether (sulfide) groups is 1. The third kappa shape index (κ3) is 2.82. The Bertz CT molecular complexity index is 964. The number of nitrogens with one attached hydrogen (secondary N) is 2. The van der Waals surface area contributed by atoms with Crippen LogP contribution in [0.5, 0.6) is 0 Å². The number of hydrogen-bond donors (Lipinski definition) is 2. The van der Waals surface area contributed by atoms with Crippen molar-refractivity contribution in [2.75, 3.05) is 5.32 Å². The van der Waals surface area contributed by atoms with E-state index in [9.17, 15) is 22.8 Å². The van der Waals surface area contributed by atoms with E-state index in [1.165, 1.54) is 36.3 Å². The number of fused-ring (bicyclic) bond motifs is 2. The van der Waals surface area contributed by atoms with Gasteiger partial charge < -0.3 is 10.3 Å². The fraction of sp³-hybridized carbons (Fsp3) is 0.235. The van der Waals surface area contributed by atoms with E-state index in [1.807, 2.05) is 0 Å². The van der Waals surface area contributed by atoms with E-state index in [2.05, 4.69) is 15.3 Å². The fourth-order valence-corrected chi connectivity index (χ4v) is 4.06. The lowest BCUT2D eigenvalue weighted by atomic mass is 9.94. The number of ketones is 1. The molecule has 3 heterocycles. The van der Waals surface area contributed by atoms with Crippen LogP contribution in [-0.2, 0) is 15.8 Å². The van der Waals surface area contributed by atoms with Gasteiger partial charge >= 0.3 is 6.18 Å². The van der Waals surface area contributed by atoms with Crippen LogP contribution >= 0.6 is 11.8 Å². The number of aliphatic imine (C=N–C) groups is 1. The number of halogens is 3. The summed E-state index contributed by atoms with van der Waals surface area (Å²) in [6.07, 6.45) is -0.151. The molecule has 9 heteroatoms. The molecule has 4 rings (SSSR count). The van der Waals surface area contributed by atoms with Crippen molar-refractivity contribution in [3.63, 3.8) is 0 Å². The number of nitrogens with zero attached hydrogens (tertiary/aromatic N) is 1. The second-order valence-electron chi connectivity index (χ2n) is 6.00. The zero-order valence-corrected chi connectivity index (χ0v) is 13.9. The highest BCUT2D eigenvalue weighted by Crippen LogP contribution is 2.38. The van der Waals surface area contributed by atoms with E-state index < -0.39 is 34.5 Å². The molecule has 0 spiro atoms. The lowest BCUT2D eigenvalue weighted by Gasteiger charge is -2.23. The molecule has 3 atom stereocenters. The van der Waals surface area contributed by atoms with Crippen LogP contribution < -0.4 is 5.32 Å². The summed E-state index contributed by atoms with van der Waals surface area (Å²) < 4.78 is 40.1. The van der Waals surface area contributed by atoms with Gasteiger partial charge in [-0.3, -0.25) is 14.6 Å². The highest BCUT2D eigenvalue weighted by molar-refractivity contribution is 8.03. The van der Waals surface area contributed by atoms with E-state index in [0.29, 0.717) is 10.9 Å². The Morgan fingerprint density at radius 3 is 2.88 bits per heavy atom. The van der Waals surface area contributed by atoms with E-state index in [1.54, 1.807) is 11.5 Å². The average molecular weight is 379 g/mol. The quantitative estimate of drug-likeness (QED) is 0.786. The molecular weight excluding hydrogens is 367 g/mol. The van der Waals surface area contributed by atoms with Crippen molar-refractivity contribution < 1.29 is 22.8 Å². The third-order valence-electron chi connectivity index (χ3n) is 4.34. The first-order valence-corrected chi connectivity index (χ1v) is 8.67. The number of anilines is 1. The minimum Gasteiger partial charge on any atom is -0.361 e. The highest BCUT2D eigenvalue weighted by Gasteiger charge is 2.41. The van der Waals surface area contributed by atoms with Gasteiger partial charge in [-0.2, -0.15) is 13.2 Å². The molecule has 0 fully saturated rings. The summed E-state index contributed by atoms with van der Waals surface area (Å²) in [6.45, 7) is 0. The number of H-pyrrole nitrogens is 1. The molecule has 0 saturated heterocycles. The molecule has 5 nitrogen and oxygen atoms in total. The summed E-state index contributed by atoms with van der Waals surface area (Å²) in [5.74, 6) is -2.38. The van der Waals surface area contributed by atoms with Crippen LogP contribution in [0.4, 0.5) is 18.9 Å². The number of rotatable bonds is 2. The smallest absolute Gasteiger partial charge is 0.361 e. The number of Topliss-reactive ketones (excluding diaryl/α,β-unsaturated/α-hetero) is 1. The molecule has 1 aromatic heterocycles. The first kappa shape index (κ1) is 16.9. The van der Waals surface area contributed by atoms with Crippen LogP contribution in [0.25, 0.3) is 10.9 Å². The molecule has 0 saturated carbocycles. The number of aromatic nitrogens is 1. The molecule has 3 unspecified atom stereocenters. The molecule has 26 heavy (non-hydrogen) atoms. The average Bonchev–Trinajstić information content (AvgIpc) is 3.21. The molecular formula is C17H12F3N3O2S. The van der Waals surface area contributed by atoms with Crippen molar-refractivity contribution in [3.8, 4) is 0 Å². The van der Waals surface area contributed by atoms with Gasteiger partial charge in [-0.25, -0.2) is 0 Å². The number of carbonyl (C=O) groups is 2. The van der Waals surface area contributed by atoms with Gasteiger partial charge in [0, 0.05) is 23.3 Å². The van der Waals surface area contributed by atoms with Crippen molar-refractivity contribution in [1.29, 1.82) is 0 Å². The zero-order valence-electron chi connectivity index (χ0n) is 13.1. The Labute approximate surface area is 149 Å². The number of aromatic amines is 1. The first-order valence-electron chi connectivity index (χ1n) is 7.73. The number of benzene rings is 1. The Hall–Kier alpha value is -2.55. The lowest BCUT2D eigenvalue weighted by molar-refractivity contribution is -0.136. The highest BCUT2D eigenvalue weighted by atomic mass is 32.2. The summed E-state index contributed by atoms with van der Waals surface area (Å²) in [5.41, 5.74) is -0.904. The van der Waals surface area contributed by atoms with Crippen molar-refractivity contribution in [3.05, 3.63) is 41.4 Å². The van der Waals surface area contributed by atoms with Crippen LogP contribution in [0.15, 0.2) is 40.9 Å². The molecule has 0 bridgehead atoms. The second kappa shape index (κ2) is 6.01. The molecule has 1 aromatic carbocycles. The number of amides is 1. The van der Waals surface area contributed by atoms with Crippen LogP contribution in [0.2, 0.25) is 0 Å². The van der Waals surface area contributed by atoms with Gasteiger partial charge in [0.05, 0.1) is 22.5 Å². The topological polar surface area (TPSA) is 74.3 Å². The van der Waals surface area contributed by atoms with Crippen molar-refractivity contribution in [2.45, 2.75) is 17.5 Å². The predicted molar refractivity (Wildman–Crippen MR) is 93.2 cm³/mol. The molecule has 0 aliphatic carbocycles. The zero-order chi connectivity index (χ0) is 18.5. The number of alkyl halides is 3. The summed E-state index contributed by atoms with van der Waals surface area (Å²) in [4.78, 5) is 31.9. The summed E-state index contributed by atoms with van der Waals surface area (Å²) in [5, 5.41) is 3.88. The summed E-state index contributed by atoms with van der Waals surface area (Å²) in [6, 6.07) is 3.38. The molecule has 2 aliphatic heterocycles. The van der Waals surface area contributed by atoms with Gasteiger partial charge in [-0.15, -0.1) is 11.8 Å². The van der Waals surface area contributed by atoms with Crippen molar-refractivity contribution >= 4 is 46.3 Å². The minimum absolute atomic E-state index is 0.308. The SMILES string of the molecule is O=C(Nc1cc2[nH]ccc2cc1C(F)(F)F)C1C=NC2C=CSC2C1=O. The summed E-state index contributed by atoms with van der Waals surface area (Å²) >= 11 is 1.26. The van der Waals surface area contributed by atoms with Crippen molar-refractivity contribution in [2.24, 2.45) is 10.9 Å². The molecule has 2 aromatic rings. The van der Waals surface area contributed by atoms with E-state index in [0.717, 1.165) is 6.07 Å². The van der Waals surface area contributed by atoms with Crippen LogP contribution in [-0.4, -0.2) is 34.2 Å². The minimum atomic E-state index is -4.64. The maximum absolute atomic E-state index is 13.4. The first-order chi connectivity index (χ1) is 12.3. The van der Waals surface area contributed by atoms with Gasteiger partial charge in [-0.1, -0.05) is 6.08 Å². The number of carbonyl (C=O) groups excluding carboxylic acids is 2.